The van der Waals surface area contributed by atoms with E-state index in [0.717, 1.165) is 4.90 Å². The van der Waals surface area contributed by atoms with Crippen molar-refractivity contribution >= 4 is 122 Å². The SMILES string of the molecule is CC[C@H](C)[C@@H]1NC(=O)CNC(=O)[C@H]2Cc3c([nH]c4cc(OC(=O)N(CCN(C)C(=O)OCc5ccc(NC(=O)[C@H](CC(N)=O)NC(=O)[C@H](C)NC(=O)[C@H](C)NC(=O)CCOCCOCCN)cc5)C(C)C)ccc34)S(=O)C[C@H](NC(=O)CNC1=O)C(=O)N[C@@H](CC(N)=O)C(=O)N1C[C@H](O)C[C@H]1C(=O)N[C@@H]([C@@H](C)[C@@H](O)CO)C(=O)N2. The maximum absolute atomic E-state index is 15.3. The van der Waals surface area contributed by atoms with E-state index in [1.807, 2.05) is 0 Å². The molecular weight excluding hydrogens is 1520 g/mol. The lowest BCUT2D eigenvalue weighted by Crippen LogP contribution is -2.62. The summed E-state index contributed by atoms with van der Waals surface area (Å²) in [6.07, 6.45) is -7.41. The molecule has 3 aliphatic heterocycles. The first-order chi connectivity index (χ1) is 53.9. The number of aromatic nitrogens is 1. The van der Waals surface area contributed by atoms with E-state index in [0.29, 0.717) is 25.1 Å². The first-order valence-corrected chi connectivity index (χ1v) is 38.2. The third-order valence-corrected chi connectivity index (χ3v) is 20.3. The molecule has 42 nitrogen and oxygen atoms in total. The summed E-state index contributed by atoms with van der Waals surface area (Å²) in [5.74, 6) is -16.8. The molecule has 0 spiro atoms. The van der Waals surface area contributed by atoms with Crippen LogP contribution >= 0.6 is 0 Å². The fraction of sp³-hybridized carbons (Fsp3) is 0.577. The Morgan fingerprint density at radius 3 is 2.00 bits per heavy atom. The number of primary amides is 2. The van der Waals surface area contributed by atoms with Gasteiger partial charge in [0.1, 0.15) is 71.8 Å². The number of aliphatic hydroxyl groups is 3. The van der Waals surface area contributed by atoms with Crippen molar-refractivity contribution in [1.29, 1.82) is 0 Å². The second kappa shape index (κ2) is 43.9. The fourth-order valence-electron chi connectivity index (χ4n) is 12.1. The summed E-state index contributed by atoms with van der Waals surface area (Å²) in [6, 6.07) is -5.13. The number of hydrogen-bond acceptors (Lipinski definition) is 25. The third-order valence-electron chi connectivity index (χ3n) is 18.8. The average Bonchev–Trinajstić information content (AvgIpc) is 1.62. The van der Waals surface area contributed by atoms with Crippen molar-refractivity contribution in [3.05, 3.63) is 53.6 Å². The van der Waals surface area contributed by atoms with Crippen molar-refractivity contribution in [2.75, 3.05) is 90.4 Å². The number of carbonyl (C=O) groups is 16. The molecule has 0 saturated carbocycles. The summed E-state index contributed by atoms with van der Waals surface area (Å²) in [5, 5.41) is 58.9. The number of aliphatic hydroxyl groups excluding tert-OH is 3. The lowest BCUT2D eigenvalue weighted by atomic mass is 9.93. The minimum absolute atomic E-state index is 0.0315. The average molecular weight is 1630 g/mol. The Kier molecular flexibility index (Phi) is 35.4. The van der Waals surface area contributed by atoms with Crippen molar-refractivity contribution in [1.82, 2.24) is 72.9 Å². The molecule has 1 aromatic heterocycles. The molecule has 21 N–H and O–H groups in total. The van der Waals surface area contributed by atoms with Crippen LogP contribution in [0.5, 0.6) is 5.75 Å². The second-order valence-electron chi connectivity index (χ2n) is 28.0. The number of benzene rings is 2. The molecule has 3 aromatic rings. The van der Waals surface area contributed by atoms with Crippen LogP contribution in [0.25, 0.3) is 10.9 Å². The van der Waals surface area contributed by atoms with Gasteiger partial charge in [-0.25, -0.2) is 9.59 Å². The van der Waals surface area contributed by atoms with Gasteiger partial charge in [0.2, 0.25) is 82.7 Å². The number of aromatic amines is 1. The van der Waals surface area contributed by atoms with Crippen molar-refractivity contribution in [2.24, 2.45) is 29.0 Å². The van der Waals surface area contributed by atoms with E-state index in [9.17, 15) is 92.0 Å². The van der Waals surface area contributed by atoms with Crippen LogP contribution in [-0.4, -0.2) is 292 Å². The maximum Gasteiger partial charge on any atom is 0.415 e. The molecule has 1 saturated heterocycles. The van der Waals surface area contributed by atoms with E-state index < -0.39 is 248 Å². The Hall–Kier alpha value is -11.0. The number of rotatable bonds is 31. The van der Waals surface area contributed by atoms with Gasteiger partial charge >= 0.3 is 12.2 Å². The summed E-state index contributed by atoms with van der Waals surface area (Å²) in [5.41, 5.74) is 17.0. The second-order valence-corrected chi connectivity index (χ2v) is 29.4. The normalized spacial score (nSPS) is 21.6. The number of carbonyl (C=O) groups excluding carboxylic acids is 16. The quantitative estimate of drug-likeness (QED) is 0.0266. The number of anilines is 1. The summed E-state index contributed by atoms with van der Waals surface area (Å²) >= 11 is 0. The smallest absolute Gasteiger partial charge is 0.415 e. The number of likely N-dealkylation sites (N-methyl/N-ethyl adjacent to an activating group) is 1. The van der Waals surface area contributed by atoms with E-state index in [2.05, 4.69) is 63.5 Å². The monoisotopic (exact) mass is 1620 g/mol. The van der Waals surface area contributed by atoms with Gasteiger partial charge in [-0.3, -0.25) is 71.3 Å². The number of nitrogens with zero attached hydrogens (tertiary/aromatic N) is 3. The zero-order valence-electron chi connectivity index (χ0n) is 64.5. The highest BCUT2D eigenvalue weighted by Crippen LogP contribution is 2.31. The van der Waals surface area contributed by atoms with E-state index in [4.69, 9.17) is 36.1 Å². The number of amides is 16. The molecule has 14 atom stereocenters. The number of nitrogens with one attached hydrogen (secondary N) is 12. The van der Waals surface area contributed by atoms with Crippen LogP contribution in [-0.2, 0) is 105 Å². The first kappa shape index (κ1) is 91.9. The van der Waals surface area contributed by atoms with Gasteiger partial charge in [-0.05, 0) is 69.0 Å². The number of ether oxygens (including phenoxy) is 4. The maximum atomic E-state index is 15.3. The molecule has 628 valence electrons. The summed E-state index contributed by atoms with van der Waals surface area (Å²) in [4.78, 5) is 225. The van der Waals surface area contributed by atoms with Crippen molar-refractivity contribution in [3.8, 4) is 5.75 Å². The Balaban J connectivity index is 1.21. The van der Waals surface area contributed by atoms with Gasteiger partial charge in [0.25, 0.3) is 0 Å². The van der Waals surface area contributed by atoms with E-state index >= 15 is 4.21 Å². The van der Waals surface area contributed by atoms with Gasteiger partial charge in [0.15, 0.2) is 0 Å². The molecule has 6 rings (SSSR count). The Morgan fingerprint density at radius 2 is 1.36 bits per heavy atom. The highest BCUT2D eigenvalue weighted by molar-refractivity contribution is 7.85. The lowest BCUT2D eigenvalue weighted by Gasteiger charge is -2.32. The summed E-state index contributed by atoms with van der Waals surface area (Å²) in [7, 11) is -1.18. The van der Waals surface area contributed by atoms with Gasteiger partial charge in [-0.1, -0.05) is 39.3 Å². The third kappa shape index (κ3) is 27.1. The van der Waals surface area contributed by atoms with Gasteiger partial charge in [-0.2, -0.15) is 0 Å². The lowest BCUT2D eigenvalue weighted by molar-refractivity contribution is -0.144. The number of hydrogen-bond donors (Lipinski definition) is 18. The van der Waals surface area contributed by atoms with E-state index in [1.165, 1.54) is 80.1 Å². The molecule has 0 aliphatic carbocycles. The van der Waals surface area contributed by atoms with E-state index in [-0.39, 0.29) is 78.9 Å². The molecule has 114 heavy (non-hydrogen) atoms. The molecule has 1 fully saturated rings. The Labute approximate surface area is 657 Å². The largest absolute Gasteiger partial charge is 0.445 e. The minimum Gasteiger partial charge on any atom is -0.445 e. The predicted molar refractivity (Wildman–Crippen MR) is 403 cm³/mol. The Bertz CT molecular complexity index is 4020. The van der Waals surface area contributed by atoms with Crippen molar-refractivity contribution < 1.29 is 115 Å². The molecule has 4 heterocycles. The van der Waals surface area contributed by atoms with E-state index in [1.54, 1.807) is 27.7 Å². The molecule has 0 radical (unpaired) electrons. The molecule has 2 bridgehead atoms. The Morgan fingerprint density at radius 1 is 0.711 bits per heavy atom. The standard InChI is InChI=1S/C71H104N18O24S/c1-9-36(4)58-66(104)76-29-56(96)80-50-34-114(109)68-45(26-47(62(100)75-30-57(97)85-58)82-67(105)59(37(5)52(92)32-90)86-65(103)51-24-42(91)31-89(51)69(106)49(28-54(74)94)83-64(50)102)44-15-14-43(25-46(44)84-68)113-71(108)88(35(2)3)19-18-87(8)70(107)112-33-40-10-12-41(13-11-40)79-63(101)48(27-53(73)93)81-61(99)39(7)78-60(98)38(6)77-55(95)16-20-110-22-23-111-21-17-72/h10-15,25,35-39,42,47-52,58-59,84,90-92H,9,16-24,26-34,72H2,1-8H3,(H2,73,93)(H2,74,94)(H,75,100)(H,76,104)(H,77,95)(H,78,98)(H,79,101)(H,80,96)(H,81,99)(H,82,105)(H,83,102)(H,85,97)(H,86,103)/t36-,37-,38-,39-,42+,47+,48-,49-,50-,51-,52-,58-,59-,114?/m0/s1. The molecule has 16 amide bonds. The molecule has 1 unspecified atom stereocenters. The van der Waals surface area contributed by atoms with Crippen molar-refractivity contribution in [2.45, 2.75) is 171 Å². The number of nitrogens with two attached hydrogens (primary N) is 3. The van der Waals surface area contributed by atoms with Gasteiger partial charge < -0.3 is 130 Å². The highest BCUT2D eigenvalue weighted by Gasteiger charge is 2.46. The van der Waals surface area contributed by atoms with Crippen LogP contribution in [0.2, 0.25) is 0 Å². The zero-order valence-corrected chi connectivity index (χ0v) is 65.3. The zero-order chi connectivity index (χ0) is 84.4. The molecule has 2 aromatic carbocycles. The first-order valence-electron chi connectivity index (χ1n) is 36.9. The minimum atomic E-state index is -2.58. The topological polar surface area (TPSA) is 624 Å². The summed E-state index contributed by atoms with van der Waals surface area (Å²) < 4.78 is 37.2. The van der Waals surface area contributed by atoms with Gasteiger partial charge in [0, 0.05) is 81.6 Å². The van der Waals surface area contributed by atoms with Gasteiger partial charge in [0.05, 0.1) is 93.2 Å². The van der Waals surface area contributed by atoms with Crippen LogP contribution in [0.15, 0.2) is 47.5 Å². The van der Waals surface area contributed by atoms with Gasteiger partial charge in [-0.15, -0.1) is 0 Å². The van der Waals surface area contributed by atoms with Crippen LogP contribution in [0.4, 0.5) is 15.3 Å². The van der Waals surface area contributed by atoms with Crippen LogP contribution in [0.1, 0.15) is 91.7 Å². The fourth-order valence-corrected chi connectivity index (χ4v) is 13.5. The summed E-state index contributed by atoms with van der Waals surface area (Å²) in [6.45, 7) is 8.11. The van der Waals surface area contributed by atoms with Crippen LogP contribution in [0.3, 0.4) is 0 Å². The number of H-pyrrole nitrogens is 1. The molecular formula is C71H104N18O24S. The van der Waals surface area contributed by atoms with Crippen molar-refractivity contribution in [3.63, 3.8) is 0 Å². The number of fused-ring (bicyclic) bond motifs is 5. The van der Waals surface area contributed by atoms with Crippen LogP contribution < -0.4 is 80.4 Å². The van der Waals surface area contributed by atoms with Crippen LogP contribution in [0, 0.1) is 11.8 Å². The molecule has 43 heteroatoms. The highest BCUT2D eigenvalue weighted by atomic mass is 32.2. The molecule has 3 aliphatic rings. The predicted octanol–water partition coefficient (Wildman–Crippen LogP) is -6.46.